The lowest BCUT2D eigenvalue weighted by Crippen LogP contribution is -2.33. The number of hydrogen-bond acceptors (Lipinski definition) is 1. The Morgan fingerprint density at radius 3 is 1.95 bits per heavy atom. The molecule has 0 aliphatic heterocycles. The van der Waals surface area contributed by atoms with Gasteiger partial charge in [-0.3, -0.25) is 0 Å². The van der Waals surface area contributed by atoms with Crippen LogP contribution >= 0.6 is 0 Å². The number of aromatic nitrogens is 2. The molecule has 100 valence electrons. The summed E-state index contributed by atoms with van der Waals surface area (Å²) in [5, 5.41) is 0. The van der Waals surface area contributed by atoms with Crippen molar-refractivity contribution in [3.63, 3.8) is 0 Å². The second kappa shape index (κ2) is 7.52. The van der Waals surface area contributed by atoms with E-state index in [-0.39, 0.29) is 0 Å². The number of methoxy groups -OCH3 is 1. The van der Waals surface area contributed by atoms with E-state index in [1.165, 1.54) is 19.3 Å². The number of rotatable bonds is 7. The molecule has 0 aliphatic carbocycles. The Balaban J connectivity index is 1.63. The number of unbranched alkanes of at least 4 members (excludes halogenated alkanes) is 2. The van der Waals surface area contributed by atoms with Crippen molar-refractivity contribution in [2.45, 2.75) is 32.4 Å². The smallest absolute Gasteiger partial charge is 0.172 e. The summed E-state index contributed by atoms with van der Waals surface area (Å²) in [4.78, 5) is 0. The molecule has 0 aliphatic rings. The fraction of sp³-hybridized carbons (Fsp3) is 0.375. The van der Waals surface area contributed by atoms with E-state index in [9.17, 15) is 0 Å². The molecule has 0 saturated carbocycles. The minimum Gasteiger partial charge on any atom is -0.496 e. The average molecular weight is 258 g/mol. The van der Waals surface area contributed by atoms with Crippen molar-refractivity contribution < 1.29 is 13.9 Å². The molecule has 0 bridgehead atoms. The Hall–Kier alpha value is -1.90. The summed E-state index contributed by atoms with van der Waals surface area (Å²) < 4.78 is 9.59. The zero-order valence-electron chi connectivity index (χ0n) is 11.5. The van der Waals surface area contributed by atoms with E-state index < -0.39 is 0 Å². The highest BCUT2D eigenvalue weighted by Crippen LogP contribution is 2.04. The van der Waals surface area contributed by atoms with Crippen LogP contribution in [0.4, 0.5) is 0 Å². The Morgan fingerprint density at radius 2 is 1.37 bits per heavy atom. The Kier molecular flexibility index (Phi) is 5.35. The molecule has 19 heavy (non-hydrogen) atoms. The van der Waals surface area contributed by atoms with Crippen molar-refractivity contribution in [3.05, 3.63) is 55.1 Å². The molecule has 2 rings (SSSR count). The molecule has 2 heterocycles. The minimum absolute atomic E-state index is 0.914. The van der Waals surface area contributed by atoms with E-state index in [4.69, 9.17) is 4.74 Å². The zero-order valence-corrected chi connectivity index (χ0v) is 11.5. The van der Waals surface area contributed by atoms with E-state index in [1.807, 2.05) is 12.1 Å². The van der Waals surface area contributed by atoms with Crippen LogP contribution in [0.1, 0.15) is 19.3 Å². The summed E-state index contributed by atoms with van der Waals surface area (Å²) in [6, 6.07) is 10.2. The van der Waals surface area contributed by atoms with Gasteiger partial charge in [-0.05, 0) is 6.42 Å². The van der Waals surface area contributed by atoms with Crippen LogP contribution in [-0.2, 0) is 13.1 Å². The van der Waals surface area contributed by atoms with Crippen LogP contribution in [0, 0.1) is 0 Å². The van der Waals surface area contributed by atoms with Gasteiger partial charge in [0, 0.05) is 37.1 Å². The minimum atomic E-state index is 0.914. The van der Waals surface area contributed by atoms with Crippen LogP contribution in [0.15, 0.2) is 55.1 Å². The van der Waals surface area contributed by atoms with Gasteiger partial charge in [0.25, 0.3) is 0 Å². The normalized spacial score (nSPS) is 10.4. The van der Waals surface area contributed by atoms with Gasteiger partial charge in [0.2, 0.25) is 0 Å². The summed E-state index contributed by atoms with van der Waals surface area (Å²) in [5.41, 5.74) is 0. The Bertz CT molecular complexity index is 468. The lowest BCUT2D eigenvalue weighted by molar-refractivity contribution is -0.701. The monoisotopic (exact) mass is 258 g/mol. The molecule has 2 aromatic heterocycles. The second-order valence-electron chi connectivity index (χ2n) is 4.65. The van der Waals surface area contributed by atoms with Gasteiger partial charge in [0.1, 0.15) is 18.8 Å². The predicted molar refractivity (Wildman–Crippen MR) is 73.7 cm³/mol. The first-order valence-corrected chi connectivity index (χ1v) is 6.85. The highest BCUT2D eigenvalue weighted by Gasteiger charge is 2.02. The molecule has 3 heteroatoms. The molecule has 0 saturated heterocycles. The summed E-state index contributed by atoms with van der Waals surface area (Å²) in [5.74, 6) is 0.914. The van der Waals surface area contributed by atoms with E-state index in [1.54, 1.807) is 7.11 Å². The van der Waals surface area contributed by atoms with Crippen molar-refractivity contribution in [2.24, 2.45) is 0 Å². The first-order chi connectivity index (χ1) is 9.38. The fourth-order valence-corrected chi connectivity index (χ4v) is 2.08. The van der Waals surface area contributed by atoms with Crippen molar-refractivity contribution in [2.75, 3.05) is 7.11 Å². The van der Waals surface area contributed by atoms with Crippen LogP contribution in [0.5, 0.6) is 5.75 Å². The first kappa shape index (κ1) is 13.5. The molecule has 0 amide bonds. The third-order valence-corrected chi connectivity index (χ3v) is 3.21. The van der Waals surface area contributed by atoms with Gasteiger partial charge in [-0.25, -0.2) is 9.13 Å². The largest absolute Gasteiger partial charge is 0.496 e. The van der Waals surface area contributed by atoms with Crippen LogP contribution in [0.2, 0.25) is 0 Å². The maximum Gasteiger partial charge on any atom is 0.172 e. The molecule has 0 spiro atoms. The zero-order chi connectivity index (χ0) is 13.3. The van der Waals surface area contributed by atoms with Gasteiger partial charge in [-0.15, -0.1) is 0 Å². The molecular formula is C16H22N2O+2. The maximum atomic E-state index is 5.15. The molecule has 3 nitrogen and oxygen atoms in total. The number of ether oxygens (including phenoxy) is 1. The molecular weight excluding hydrogens is 236 g/mol. The van der Waals surface area contributed by atoms with Crippen molar-refractivity contribution in [1.29, 1.82) is 0 Å². The fourth-order valence-electron chi connectivity index (χ4n) is 2.08. The van der Waals surface area contributed by atoms with E-state index >= 15 is 0 Å². The number of nitrogens with zero attached hydrogens (tertiary/aromatic N) is 2. The van der Waals surface area contributed by atoms with Crippen LogP contribution in [0.25, 0.3) is 0 Å². The van der Waals surface area contributed by atoms with Gasteiger partial charge in [0.15, 0.2) is 24.8 Å². The molecule has 0 aromatic carbocycles. The quantitative estimate of drug-likeness (QED) is 0.549. The second-order valence-corrected chi connectivity index (χ2v) is 4.65. The molecule has 0 fully saturated rings. The van der Waals surface area contributed by atoms with Crippen LogP contribution in [-0.4, -0.2) is 7.11 Å². The predicted octanol–water partition coefficient (Wildman–Crippen LogP) is 2.14. The van der Waals surface area contributed by atoms with Crippen molar-refractivity contribution >= 4 is 0 Å². The molecule has 0 unspecified atom stereocenters. The third kappa shape index (κ3) is 4.70. The highest BCUT2D eigenvalue weighted by molar-refractivity contribution is 5.14. The topological polar surface area (TPSA) is 17.0 Å². The molecule has 2 aromatic rings. The Morgan fingerprint density at radius 1 is 0.789 bits per heavy atom. The number of aryl methyl sites for hydroxylation is 2. The standard InChI is InChI=1S/C16H22N2O/c1-19-16-8-14-18(15-9-16)13-7-3-6-12-17-10-4-2-5-11-17/h2,4-5,8-11,14-15H,3,6-7,12-13H2,1H3/q+2. The first-order valence-electron chi connectivity index (χ1n) is 6.85. The highest BCUT2D eigenvalue weighted by atomic mass is 16.5. The van der Waals surface area contributed by atoms with Crippen molar-refractivity contribution in [3.8, 4) is 5.75 Å². The van der Waals surface area contributed by atoms with Gasteiger partial charge in [0.05, 0.1) is 7.11 Å². The lowest BCUT2D eigenvalue weighted by Gasteiger charge is -1.99. The van der Waals surface area contributed by atoms with Gasteiger partial charge < -0.3 is 4.74 Å². The SMILES string of the molecule is COc1cc[n+](CCCCC[n+]2ccccc2)cc1. The van der Waals surface area contributed by atoms with Crippen molar-refractivity contribution in [1.82, 2.24) is 0 Å². The van der Waals surface area contributed by atoms with Gasteiger partial charge >= 0.3 is 0 Å². The summed E-state index contributed by atoms with van der Waals surface area (Å²) in [7, 11) is 1.70. The average Bonchev–Trinajstić information content (AvgIpc) is 2.49. The van der Waals surface area contributed by atoms with E-state index in [0.29, 0.717) is 0 Å². The van der Waals surface area contributed by atoms with Crippen LogP contribution in [0.3, 0.4) is 0 Å². The third-order valence-electron chi connectivity index (χ3n) is 3.21. The van der Waals surface area contributed by atoms with E-state index in [2.05, 4.69) is 52.1 Å². The number of hydrogen-bond donors (Lipinski definition) is 0. The van der Waals surface area contributed by atoms with Crippen LogP contribution < -0.4 is 13.9 Å². The molecule has 0 radical (unpaired) electrons. The molecule has 0 atom stereocenters. The van der Waals surface area contributed by atoms with E-state index in [0.717, 1.165) is 18.8 Å². The van der Waals surface area contributed by atoms with Gasteiger partial charge in [-0.2, -0.15) is 0 Å². The maximum absolute atomic E-state index is 5.15. The number of pyridine rings is 2. The summed E-state index contributed by atoms with van der Waals surface area (Å²) >= 11 is 0. The summed E-state index contributed by atoms with van der Waals surface area (Å²) in [6.07, 6.45) is 12.1. The molecule has 0 N–H and O–H groups in total. The Labute approximate surface area is 115 Å². The van der Waals surface area contributed by atoms with Gasteiger partial charge in [-0.1, -0.05) is 6.07 Å². The summed E-state index contributed by atoms with van der Waals surface area (Å²) in [6.45, 7) is 2.18. The lowest BCUT2D eigenvalue weighted by atomic mass is 10.2.